The van der Waals surface area contributed by atoms with Crippen LogP contribution in [0.25, 0.3) is 0 Å². The smallest absolute Gasteiger partial charge is 0.0466 e. The molecule has 0 aromatic heterocycles. The van der Waals surface area contributed by atoms with Gasteiger partial charge in [0.15, 0.2) is 0 Å². The molecule has 0 fully saturated rings. The van der Waals surface area contributed by atoms with Gasteiger partial charge in [-0.3, -0.25) is 0 Å². The second-order valence-corrected chi connectivity index (χ2v) is 5.18. The van der Waals surface area contributed by atoms with E-state index in [1.165, 1.54) is 56.9 Å². The predicted octanol–water partition coefficient (Wildman–Crippen LogP) is 5.20. The third-order valence-corrected chi connectivity index (χ3v) is 3.39. The Morgan fingerprint density at radius 3 is 2.11 bits per heavy atom. The van der Waals surface area contributed by atoms with Gasteiger partial charge in [0, 0.05) is 13.2 Å². The summed E-state index contributed by atoms with van der Waals surface area (Å²) in [5.41, 5.74) is 1.47. The van der Waals surface area contributed by atoms with E-state index in [-0.39, 0.29) is 0 Å². The molecule has 0 N–H and O–H groups in total. The number of hydrogen-bond donors (Lipinski definition) is 0. The Morgan fingerprint density at radius 2 is 1.37 bits per heavy atom. The van der Waals surface area contributed by atoms with Gasteiger partial charge in [-0.15, -0.1) is 0 Å². The first-order valence-electron chi connectivity index (χ1n) is 7.84. The second kappa shape index (κ2) is 12.2. The third-order valence-electron chi connectivity index (χ3n) is 3.39. The molecule has 0 aliphatic carbocycles. The molecule has 1 radical (unpaired) electrons. The Labute approximate surface area is 119 Å². The van der Waals surface area contributed by atoms with Crippen molar-refractivity contribution in [2.24, 2.45) is 0 Å². The summed E-state index contributed by atoms with van der Waals surface area (Å²) in [5, 5.41) is 0. The summed E-state index contributed by atoms with van der Waals surface area (Å²) >= 11 is 0. The van der Waals surface area contributed by atoms with Crippen LogP contribution in [0, 0.1) is 6.92 Å². The van der Waals surface area contributed by atoms with Crippen LogP contribution in [-0.2, 0) is 11.2 Å². The highest BCUT2D eigenvalue weighted by Gasteiger charge is 1.94. The molecule has 0 saturated heterocycles. The number of rotatable bonds is 12. The molecule has 0 amide bonds. The Morgan fingerprint density at radius 1 is 0.737 bits per heavy atom. The lowest BCUT2D eigenvalue weighted by atomic mass is 10.1. The Bertz CT molecular complexity index is 281. The summed E-state index contributed by atoms with van der Waals surface area (Å²) in [6.45, 7) is 5.69. The fourth-order valence-corrected chi connectivity index (χ4v) is 2.19. The van der Waals surface area contributed by atoms with Gasteiger partial charge in [-0.1, -0.05) is 69.4 Å². The van der Waals surface area contributed by atoms with Crippen LogP contribution in [0.4, 0.5) is 0 Å². The number of aryl methyl sites for hydroxylation is 1. The molecule has 0 aliphatic heterocycles. The van der Waals surface area contributed by atoms with Gasteiger partial charge >= 0.3 is 0 Å². The van der Waals surface area contributed by atoms with Gasteiger partial charge in [-0.25, -0.2) is 0 Å². The molecule has 0 saturated carbocycles. The van der Waals surface area contributed by atoms with Gasteiger partial charge in [0.05, 0.1) is 0 Å². The van der Waals surface area contributed by atoms with Gasteiger partial charge in [-0.05, 0) is 31.2 Å². The summed E-state index contributed by atoms with van der Waals surface area (Å²) in [4.78, 5) is 0. The maximum absolute atomic E-state index is 5.58. The third kappa shape index (κ3) is 9.72. The lowest BCUT2D eigenvalue weighted by Gasteiger charge is -2.04. The van der Waals surface area contributed by atoms with Gasteiger partial charge in [-0.2, -0.15) is 0 Å². The number of unbranched alkanes of at least 4 members (excludes halogenated alkanes) is 6. The van der Waals surface area contributed by atoms with Gasteiger partial charge in [0.25, 0.3) is 0 Å². The van der Waals surface area contributed by atoms with E-state index in [0.29, 0.717) is 0 Å². The van der Waals surface area contributed by atoms with E-state index in [0.717, 1.165) is 19.6 Å². The highest BCUT2D eigenvalue weighted by Crippen LogP contribution is 2.08. The SMILES string of the molecule is [CH2]CCCCOCCCCCCCc1ccccc1. The summed E-state index contributed by atoms with van der Waals surface area (Å²) in [6.07, 6.45) is 11.1. The van der Waals surface area contributed by atoms with E-state index < -0.39 is 0 Å². The lowest BCUT2D eigenvalue weighted by Crippen LogP contribution is -1.97. The van der Waals surface area contributed by atoms with E-state index in [1.54, 1.807) is 0 Å². The minimum Gasteiger partial charge on any atom is -0.381 e. The van der Waals surface area contributed by atoms with Crippen LogP contribution in [0.2, 0.25) is 0 Å². The molecule has 19 heavy (non-hydrogen) atoms. The largest absolute Gasteiger partial charge is 0.381 e. The maximum Gasteiger partial charge on any atom is 0.0466 e. The zero-order valence-electron chi connectivity index (χ0n) is 12.3. The quantitative estimate of drug-likeness (QED) is 0.470. The summed E-state index contributed by atoms with van der Waals surface area (Å²) < 4.78 is 5.58. The summed E-state index contributed by atoms with van der Waals surface area (Å²) in [5.74, 6) is 0. The van der Waals surface area contributed by atoms with E-state index in [2.05, 4.69) is 37.3 Å². The van der Waals surface area contributed by atoms with Gasteiger partial charge in [0.1, 0.15) is 0 Å². The zero-order chi connectivity index (χ0) is 13.6. The molecule has 1 rings (SSSR count). The highest BCUT2D eigenvalue weighted by atomic mass is 16.5. The van der Waals surface area contributed by atoms with Gasteiger partial charge in [0.2, 0.25) is 0 Å². The Balaban J connectivity index is 1.79. The van der Waals surface area contributed by atoms with Crippen molar-refractivity contribution in [2.45, 2.75) is 57.8 Å². The first-order chi connectivity index (χ1) is 9.43. The van der Waals surface area contributed by atoms with Crippen molar-refractivity contribution >= 4 is 0 Å². The Kier molecular flexibility index (Phi) is 10.4. The monoisotopic (exact) mass is 261 g/mol. The van der Waals surface area contributed by atoms with Crippen molar-refractivity contribution in [3.8, 4) is 0 Å². The molecule has 1 nitrogen and oxygen atoms in total. The maximum atomic E-state index is 5.58. The molecule has 1 aromatic carbocycles. The number of benzene rings is 1. The molecule has 0 aliphatic rings. The van der Waals surface area contributed by atoms with Crippen molar-refractivity contribution in [2.75, 3.05) is 13.2 Å². The van der Waals surface area contributed by atoms with Crippen LogP contribution in [0.3, 0.4) is 0 Å². The van der Waals surface area contributed by atoms with E-state index >= 15 is 0 Å². The minimum absolute atomic E-state index is 0.920. The van der Waals surface area contributed by atoms with Crippen LogP contribution in [0.15, 0.2) is 30.3 Å². The molecular formula is C18H29O. The van der Waals surface area contributed by atoms with Crippen LogP contribution >= 0.6 is 0 Å². The van der Waals surface area contributed by atoms with Crippen molar-refractivity contribution in [1.82, 2.24) is 0 Å². The molecule has 1 heteroatoms. The molecule has 0 spiro atoms. The lowest BCUT2D eigenvalue weighted by molar-refractivity contribution is 0.126. The number of ether oxygens (including phenoxy) is 1. The average molecular weight is 261 g/mol. The van der Waals surface area contributed by atoms with Crippen molar-refractivity contribution in [3.05, 3.63) is 42.8 Å². The van der Waals surface area contributed by atoms with Crippen LogP contribution < -0.4 is 0 Å². The molecule has 0 unspecified atom stereocenters. The summed E-state index contributed by atoms with van der Waals surface area (Å²) in [6, 6.07) is 10.8. The molecule has 0 atom stereocenters. The Hall–Kier alpha value is -0.820. The summed E-state index contributed by atoms with van der Waals surface area (Å²) in [7, 11) is 0. The normalized spacial score (nSPS) is 10.8. The molecule has 107 valence electrons. The van der Waals surface area contributed by atoms with Crippen molar-refractivity contribution < 1.29 is 4.74 Å². The van der Waals surface area contributed by atoms with E-state index in [4.69, 9.17) is 4.74 Å². The number of hydrogen-bond acceptors (Lipinski definition) is 1. The fraction of sp³-hybridized carbons (Fsp3) is 0.611. The first kappa shape index (κ1) is 16.2. The van der Waals surface area contributed by atoms with Crippen LogP contribution in [-0.4, -0.2) is 13.2 Å². The van der Waals surface area contributed by atoms with E-state index in [9.17, 15) is 0 Å². The second-order valence-electron chi connectivity index (χ2n) is 5.18. The minimum atomic E-state index is 0.920. The molecule has 1 aromatic rings. The van der Waals surface area contributed by atoms with Gasteiger partial charge < -0.3 is 4.74 Å². The predicted molar refractivity (Wildman–Crippen MR) is 83.3 cm³/mol. The first-order valence-corrected chi connectivity index (χ1v) is 7.84. The van der Waals surface area contributed by atoms with Crippen LogP contribution in [0.1, 0.15) is 56.9 Å². The van der Waals surface area contributed by atoms with Crippen molar-refractivity contribution in [3.63, 3.8) is 0 Å². The van der Waals surface area contributed by atoms with Crippen LogP contribution in [0.5, 0.6) is 0 Å². The molecule has 0 heterocycles. The average Bonchev–Trinajstić information content (AvgIpc) is 2.46. The fourth-order valence-electron chi connectivity index (χ4n) is 2.19. The molecular weight excluding hydrogens is 232 g/mol. The highest BCUT2D eigenvalue weighted by molar-refractivity contribution is 5.14. The zero-order valence-corrected chi connectivity index (χ0v) is 12.3. The van der Waals surface area contributed by atoms with E-state index in [1.807, 2.05) is 0 Å². The topological polar surface area (TPSA) is 9.23 Å². The van der Waals surface area contributed by atoms with Crippen molar-refractivity contribution in [1.29, 1.82) is 0 Å². The standard InChI is InChI=1S/C18H29O/c1-2-3-11-16-19-17-12-6-4-5-8-13-18-14-9-7-10-15-18/h7,9-10,14-15H,1-6,8,11-13,16-17H2. The molecule has 0 bridgehead atoms.